The first-order valence-corrected chi connectivity index (χ1v) is 11.8. The molecular weight excluding hydrogens is 448 g/mol. The second-order valence-corrected chi connectivity index (χ2v) is 9.19. The van der Waals surface area contributed by atoms with Crippen molar-refractivity contribution in [3.8, 4) is 23.3 Å². The summed E-state index contributed by atoms with van der Waals surface area (Å²) < 4.78 is 16.3. The van der Waals surface area contributed by atoms with Gasteiger partial charge in [0, 0.05) is 44.5 Å². The Labute approximate surface area is 205 Å². The maximum atomic E-state index is 12.9. The molecule has 2 fully saturated rings. The van der Waals surface area contributed by atoms with Crippen molar-refractivity contribution in [1.29, 1.82) is 5.26 Å². The minimum absolute atomic E-state index is 0.115. The van der Waals surface area contributed by atoms with Gasteiger partial charge in [0.15, 0.2) is 11.5 Å². The maximum Gasteiger partial charge on any atom is 0.321 e. The molecule has 2 saturated heterocycles. The van der Waals surface area contributed by atoms with Crippen LogP contribution in [0.2, 0.25) is 0 Å². The number of β-amino-alcohol motifs (C(OH)–C–C–N with tert-alkyl or cyclic N) is 1. The van der Waals surface area contributed by atoms with Gasteiger partial charge in [-0.3, -0.25) is 4.90 Å². The number of nitriles is 1. The first kappa shape index (κ1) is 24.6. The summed E-state index contributed by atoms with van der Waals surface area (Å²) in [6.45, 7) is 3.77. The highest BCUT2D eigenvalue weighted by Crippen LogP contribution is 2.31. The summed E-state index contributed by atoms with van der Waals surface area (Å²) in [5.74, 6) is 2.55. The van der Waals surface area contributed by atoms with Gasteiger partial charge in [-0.2, -0.15) is 5.26 Å². The first-order valence-electron chi connectivity index (χ1n) is 11.8. The predicted octanol–water partition coefficient (Wildman–Crippen LogP) is 2.80. The van der Waals surface area contributed by atoms with Crippen LogP contribution in [0.3, 0.4) is 0 Å². The summed E-state index contributed by atoms with van der Waals surface area (Å²) in [4.78, 5) is 17.1. The van der Waals surface area contributed by atoms with Crippen molar-refractivity contribution in [3.05, 3.63) is 48.0 Å². The fourth-order valence-corrected chi connectivity index (χ4v) is 4.99. The lowest BCUT2D eigenvalue weighted by molar-refractivity contribution is 0.0105. The summed E-state index contributed by atoms with van der Waals surface area (Å²) in [6, 6.07) is 14.1. The molecule has 186 valence electrons. The van der Waals surface area contributed by atoms with E-state index < -0.39 is 6.10 Å². The Hall–Kier alpha value is -3.48. The van der Waals surface area contributed by atoms with Gasteiger partial charge in [0.05, 0.1) is 25.9 Å². The van der Waals surface area contributed by atoms with Crippen LogP contribution >= 0.6 is 0 Å². The van der Waals surface area contributed by atoms with Gasteiger partial charge in [-0.25, -0.2) is 4.79 Å². The Morgan fingerprint density at radius 3 is 2.40 bits per heavy atom. The number of aliphatic hydroxyl groups is 1. The molecule has 2 bridgehead atoms. The lowest BCUT2D eigenvalue weighted by Crippen LogP contribution is -2.56. The number of nitrogens with zero attached hydrogens (tertiary/aromatic N) is 3. The zero-order valence-corrected chi connectivity index (χ0v) is 20.1. The largest absolute Gasteiger partial charge is 0.493 e. The molecule has 2 aromatic rings. The molecule has 0 radical (unpaired) electrons. The molecule has 2 aliphatic rings. The van der Waals surface area contributed by atoms with Crippen LogP contribution in [-0.4, -0.2) is 80.6 Å². The van der Waals surface area contributed by atoms with Crippen molar-refractivity contribution in [1.82, 2.24) is 9.80 Å². The Balaban J connectivity index is 1.25. The zero-order valence-electron chi connectivity index (χ0n) is 20.1. The van der Waals surface area contributed by atoms with Crippen LogP contribution in [0.5, 0.6) is 17.2 Å². The highest BCUT2D eigenvalue weighted by atomic mass is 16.5. The summed E-state index contributed by atoms with van der Waals surface area (Å²) in [5, 5.41) is 22.3. The van der Waals surface area contributed by atoms with Crippen LogP contribution in [-0.2, 0) is 0 Å². The van der Waals surface area contributed by atoms with Gasteiger partial charge in [0.1, 0.15) is 18.5 Å². The number of amides is 2. The van der Waals surface area contributed by atoms with E-state index >= 15 is 0 Å². The van der Waals surface area contributed by atoms with Crippen LogP contribution in [0.15, 0.2) is 42.5 Å². The van der Waals surface area contributed by atoms with Crippen LogP contribution in [0, 0.1) is 23.2 Å². The number of fused-ring (bicyclic) bond motifs is 2. The summed E-state index contributed by atoms with van der Waals surface area (Å²) in [7, 11) is 3.14. The molecule has 0 saturated carbocycles. The third-order valence-corrected chi connectivity index (χ3v) is 6.47. The van der Waals surface area contributed by atoms with E-state index in [1.54, 1.807) is 56.7 Å². The number of hydrogen-bond donors (Lipinski definition) is 2. The van der Waals surface area contributed by atoms with Gasteiger partial charge in [-0.05, 0) is 54.7 Å². The number of nitrogens with one attached hydrogen (secondary N) is 1. The molecule has 9 nitrogen and oxygen atoms in total. The third kappa shape index (κ3) is 6.35. The normalized spacial score (nSPS) is 20.5. The van der Waals surface area contributed by atoms with Crippen molar-refractivity contribution in [2.45, 2.75) is 12.5 Å². The smallest absolute Gasteiger partial charge is 0.321 e. The Kier molecular flexibility index (Phi) is 7.95. The van der Waals surface area contributed by atoms with Gasteiger partial charge in [0.25, 0.3) is 0 Å². The average Bonchev–Trinajstić information content (AvgIpc) is 2.87. The fraction of sp³-hybridized carbons (Fsp3) is 0.462. The van der Waals surface area contributed by atoms with Crippen molar-refractivity contribution in [3.63, 3.8) is 0 Å². The summed E-state index contributed by atoms with van der Waals surface area (Å²) in [5.41, 5.74) is 1.24. The molecule has 3 atom stereocenters. The van der Waals surface area contributed by atoms with Crippen LogP contribution in [0.1, 0.15) is 12.0 Å². The number of methoxy groups -OCH3 is 2. The number of anilines is 1. The van der Waals surface area contributed by atoms with E-state index in [0.29, 0.717) is 60.0 Å². The van der Waals surface area contributed by atoms with E-state index in [1.807, 2.05) is 4.90 Å². The molecule has 35 heavy (non-hydrogen) atoms. The molecule has 9 heteroatoms. The average molecular weight is 481 g/mol. The molecule has 0 aromatic heterocycles. The van der Waals surface area contributed by atoms with E-state index in [2.05, 4.69) is 16.3 Å². The fourth-order valence-electron chi connectivity index (χ4n) is 4.99. The van der Waals surface area contributed by atoms with Crippen LogP contribution in [0.25, 0.3) is 0 Å². The molecule has 2 N–H and O–H groups in total. The predicted molar refractivity (Wildman–Crippen MR) is 131 cm³/mol. The van der Waals surface area contributed by atoms with E-state index in [-0.39, 0.29) is 12.6 Å². The lowest BCUT2D eigenvalue weighted by atomic mass is 9.84. The van der Waals surface area contributed by atoms with E-state index in [1.165, 1.54) is 0 Å². The van der Waals surface area contributed by atoms with E-state index in [9.17, 15) is 9.90 Å². The molecule has 0 spiro atoms. The maximum absolute atomic E-state index is 12.9. The van der Waals surface area contributed by atoms with Gasteiger partial charge < -0.3 is 29.5 Å². The number of hydrogen-bond acceptors (Lipinski definition) is 7. The topological polar surface area (TPSA) is 107 Å². The van der Waals surface area contributed by atoms with Gasteiger partial charge in [-0.1, -0.05) is 0 Å². The monoisotopic (exact) mass is 480 g/mol. The van der Waals surface area contributed by atoms with Gasteiger partial charge >= 0.3 is 6.03 Å². The number of carbonyl (C=O) groups excluding carboxylic acids is 1. The van der Waals surface area contributed by atoms with Crippen molar-refractivity contribution < 1.29 is 24.1 Å². The number of piperidine rings is 2. The minimum Gasteiger partial charge on any atom is -0.493 e. The Morgan fingerprint density at radius 1 is 1.09 bits per heavy atom. The number of urea groups is 1. The van der Waals surface area contributed by atoms with E-state index in [4.69, 9.17) is 19.5 Å². The highest BCUT2D eigenvalue weighted by Gasteiger charge is 2.36. The molecular formula is C26H32N4O5. The van der Waals surface area contributed by atoms with Crippen molar-refractivity contribution >= 4 is 11.7 Å². The molecule has 4 rings (SSSR count). The van der Waals surface area contributed by atoms with Crippen molar-refractivity contribution in [2.24, 2.45) is 11.8 Å². The zero-order chi connectivity index (χ0) is 24.8. The minimum atomic E-state index is -0.617. The first-order chi connectivity index (χ1) is 17.0. The number of carbonyl (C=O) groups is 1. The molecule has 2 aliphatic heterocycles. The summed E-state index contributed by atoms with van der Waals surface area (Å²) in [6.07, 6.45) is 0.475. The second-order valence-electron chi connectivity index (χ2n) is 9.19. The van der Waals surface area contributed by atoms with Gasteiger partial charge in [0.2, 0.25) is 0 Å². The number of likely N-dealkylation sites (tertiary alicyclic amines) is 2. The lowest BCUT2D eigenvalue weighted by Gasteiger charge is -2.46. The Morgan fingerprint density at radius 2 is 1.77 bits per heavy atom. The van der Waals surface area contributed by atoms with E-state index in [0.717, 1.165) is 19.5 Å². The molecule has 3 unspecified atom stereocenters. The number of ether oxygens (including phenoxy) is 3. The number of aliphatic hydroxyl groups excluding tert-OH is 1. The highest BCUT2D eigenvalue weighted by molar-refractivity contribution is 5.89. The van der Waals surface area contributed by atoms with Gasteiger partial charge in [-0.15, -0.1) is 0 Å². The molecule has 2 amide bonds. The SMILES string of the molecule is COc1ccc(NC(=O)N2CC3CC(CN(CC(O)COc4ccc(C#N)cc4)C3)C2)cc1OC. The Bertz CT molecular complexity index is 1040. The molecule has 2 heterocycles. The quantitative estimate of drug-likeness (QED) is 0.598. The molecule has 0 aliphatic carbocycles. The second kappa shape index (κ2) is 11.3. The third-order valence-electron chi connectivity index (χ3n) is 6.47. The van der Waals surface area contributed by atoms with Crippen LogP contribution < -0.4 is 19.5 Å². The summed E-state index contributed by atoms with van der Waals surface area (Å²) >= 11 is 0. The standard InChI is InChI=1S/C26H32N4O5/c1-33-24-8-5-21(10-25(24)34-2)28-26(32)30-14-19-9-20(15-30)13-29(12-19)16-22(31)17-35-23-6-3-18(11-27)4-7-23/h3-8,10,19-20,22,31H,9,12-17H2,1-2H3,(H,28,32). The number of rotatable bonds is 8. The van der Waals surface area contributed by atoms with Crippen molar-refractivity contribution in [2.75, 3.05) is 58.9 Å². The molecule has 2 aromatic carbocycles. The van der Waals surface area contributed by atoms with Crippen LogP contribution in [0.4, 0.5) is 10.5 Å². The number of benzene rings is 2.